The van der Waals surface area contributed by atoms with E-state index in [0.717, 1.165) is 10.9 Å². The van der Waals surface area contributed by atoms with Gasteiger partial charge in [-0.1, -0.05) is 36.4 Å². The standard InChI is InChI=1S/C16H19NO2/c1-16(17(2)3,11-15(18)19)14-9-8-12-6-4-5-7-13(12)10-14/h4-10H,11H2,1-3H3,(H,18,19). The fraction of sp³-hybridized carbons (Fsp3) is 0.312. The van der Waals surface area contributed by atoms with Gasteiger partial charge in [0.25, 0.3) is 0 Å². The van der Waals surface area contributed by atoms with Crippen molar-refractivity contribution in [2.45, 2.75) is 18.9 Å². The molecule has 1 atom stereocenters. The summed E-state index contributed by atoms with van der Waals surface area (Å²) in [7, 11) is 3.83. The van der Waals surface area contributed by atoms with Crippen LogP contribution in [0.4, 0.5) is 0 Å². The number of fused-ring (bicyclic) bond motifs is 1. The molecule has 2 rings (SSSR count). The first-order chi connectivity index (χ1) is 8.93. The van der Waals surface area contributed by atoms with E-state index in [2.05, 4.69) is 18.2 Å². The first-order valence-electron chi connectivity index (χ1n) is 6.32. The molecular weight excluding hydrogens is 238 g/mol. The first-order valence-corrected chi connectivity index (χ1v) is 6.32. The minimum atomic E-state index is -0.788. The molecule has 0 fully saturated rings. The number of nitrogens with zero attached hydrogens (tertiary/aromatic N) is 1. The van der Waals surface area contributed by atoms with Gasteiger partial charge in [0.1, 0.15) is 0 Å². The number of hydrogen-bond donors (Lipinski definition) is 1. The number of aliphatic carboxylic acids is 1. The third-order valence-electron chi connectivity index (χ3n) is 3.85. The predicted molar refractivity (Wildman–Crippen MR) is 77.2 cm³/mol. The van der Waals surface area contributed by atoms with Gasteiger partial charge in [0.15, 0.2) is 0 Å². The maximum Gasteiger partial charge on any atom is 0.305 e. The third-order valence-corrected chi connectivity index (χ3v) is 3.85. The summed E-state index contributed by atoms with van der Waals surface area (Å²) >= 11 is 0. The van der Waals surface area contributed by atoms with E-state index in [0.29, 0.717) is 0 Å². The Hall–Kier alpha value is -1.87. The molecule has 1 N–H and O–H groups in total. The normalized spacial score (nSPS) is 14.5. The lowest BCUT2D eigenvalue weighted by Gasteiger charge is -2.36. The summed E-state index contributed by atoms with van der Waals surface area (Å²) in [5.41, 5.74) is 0.522. The summed E-state index contributed by atoms with van der Waals surface area (Å²) in [4.78, 5) is 13.1. The molecule has 0 aromatic heterocycles. The van der Waals surface area contributed by atoms with Crippen molar-refractivity contribution in [1.29, 1.82) is 0 Å². The van der Waals surface area contributed by atoms with Crippen LogP contribution in [0, 0.1) is 0 Å². The van der Waals surface area contributed by atoms with Crippen LogP contribution in [0.25, 0.3) is 10.8 Å². The molecule has 1 unspecified atom stereocenters. The average molecular weight is 257 g/mol. The van der Waals surface area contributed by atoms with E-state index in [1.54, 1.807) is 0 Å². The van der Waals surface area contributed by atoms with Gasteiger partial charge >= 0.3 is 5.97 Å². The highest BCUT2D eigenvalue weighted by Gasteiger charge is 2.32. The topological polar surface area (TPSA) is 40.5 Å². The summed E-state index contributed by atoms with van der Waals surface area (Å²) in [6.45, 7) is 1.96. The van der Waals surface area contributed by atoms with Crippen LogP contribution >= 0.6 is 0 Å². The molecule has 2 aromatic rings. The maximum atomic E-state index is 11.1. The number of carboxylic acids is 1. The minimum Gasteiger partial charge on any atom is -0.481 e. The van der Waals surface area contributed by atoms with E-state index >= 15 is 0 Å². The van der Waals surface area contributed by atoms with Crippen molar-refractivity contribution in [2.24, 2.45) is 0 Å². The van der Waals surface area contributed by atoms with E-state index in [1.165, 1.54) is 5.39 Å². The van der Waals surface area contributed by atoms with Gasteiger partial charge in [-0.3, -0.25) is 9.69 Å². The third kappa shape index (κ3) is 2.61. The second-order valence-corrected chi connectivity index (χ2v) is 5.30. The van der Waals surface area contributed by atoms with Crippen LogP contribution in [0.2, 0.25) is 0 Å². The van der Waals surface area contributed by atoms with Gasteiger partial charge in [0, 0.05) is 0 Å². The van der Waals surface area contributed by atoms with E-state index in [9.17, 15) is 4.79 Å². The Morgan fingerprint density at radius 2 is 1.79 bits per heavy atom. The lowest BCUT2D eigenvalue weighted by molar-refractivity contribution is -0.140. The highest BCUT2D eigenvalue weighted by Crippen LogP contribution is 2.32. The van der Waals surface area contributed by atoms with Crippen molar-refractivity contribution in [2.75, 3.05) is 14.1 Å². The number of hydrogen-bond acceptors (Lipinski definition) is 2. The van der Waals surface area contributed by atoms with E-state index in [4.69, 9.17) is 5.11 Å². The molecule has 3 nitrogen and oxygen atoms in total. The number of carbonyl (C=O) groups is 1. The van der Waals surface area contributed by atoms with Crippen LogP contribution in [0.5, 0.6) is 0 Å². The number of rotatable bonds is 4. The molecule has 100 valence electrons. The van der Waals surface area contributed by atoms with Crippen LogP contribution < -0.4 is 0 Å². The van der Waals surface area contributed by atoms with Crippen LogP contribution in [0.1, 0.15) is 18.9 Å². The zero-order valence-electron chi connectivity index (χ0n) is 11.6. The molecule has 2 aromatic carbocycles. The summed E-state index contributed by atoms with van der Waals surface area (Å²) < 4.78 is 0. The number of carboxylic acid groups (broad SMARTS) is 1. The van der Waals surface area contributed by atoms with Crippen LogP contribution in [0.3, 0.4) is 0 Å². The highest BCUT2D eigenvalue weighted by atomic mass is 16.4. The van der Waals surface area contributed by atoms with Crippen molar-refractivity contribution < 1.29 is 9.90 Å². The van der Waals surface area contributed by atoms with Gasteiger partial charge in [-0.15, -0.1) is 0 Å². The van der Waals surface area contributed by atoms with Crippen LogP contribution in [-0.2, 0) is 10.3 Å². The lowest BCUT2D eigenvalue weighted by Crippen LogP contribution is -2.40. The molecule has 0 spiro atoms. The zero-order valence-corrected chi connectivity index (χ0v) is 11.6. The Morgan fingerprint density at radius 3 is 2.37 bits per heavy atom. The lowest BCUT2D eigenvalue weighted by atomic mass is 9.86. The fourth-order valence-corrected chi connectivity index (χ4v) is 2.34. The SMILES string of the molecule is CN(C)C(C)(CC(=O)O)c1ccc2ccccc2c1. The smallest absolute Gasteiger partial charge is 0.305 e. The molecule has 0 heterocycles. The average Bonchev–Trinajstić information content (AvgIpc) is 2.37. The first kappa shape index (κ1) is 13.6. The van der Waals surface area contributed by atoms with E-state index in [1.807, 2.05) is 50.2 Å². The monoisotopic (exact) mass is 257 g/mol. The van der Waals surface area contributed by atoms with E-state index < -0.39 is 11.5 Å². The van der Waals surface area contributed by atoms with Gasteiger partial charge < -0.3 is 5.11 Å². The molecule has 0 amide bonds. The molecule has 0 aliphatic rings. The number of benzene rings is 2. The second kappa shape index (κ2) is 5.02. The van der Waals surface area contributed by atoms with Crippen molar-refractivity contribution in [3.8, 4) is 0 Å². The van der Waals surface area contributed by atoms with Gasteiger partial charge in [-0.25, -0.2) is 0 Å². The highest BCUT2D eigenvalue weighted by molar-refractivity contribution is 5.83. The Bertz CT molecular complexity index is 606. The van der Waals surface area contributed by atoms with Gasteiger partial charge in [-0.05, 0) is 43.4 Å². The summed E-state index contributed by atoms with van der Waals surface area (Å²) in [5.74, 6) is -0.788. The van der Waals surface area contributed by atoms with Gasteiger partial charge in [0.2, 0.25) is 0 Å². The molecule has 0 saturated heterocycles. The van der Waals surface area contributed by atoms with Crippen molar-refractivity contribution in [3.63, 3.8) is 0 Å². The van der Waals surface area contributed by atoms with Crippen molar-refractivity contribution in [1.82, 2.24) is 4.90 Å². The summed E-state index contributed by atoms with van der Waals surface area (Å²) in [6.07, 6.45) is 0.0817. The van der Waals surface area contributed by atoms with Gasteiger partial charge in [0.05, 0.1) is 12.0 Å². The Kier molecular flexibility index (Phi) is 3.58. The fourth-order valence-electron chi connectivity index (χ4n) is 2.34. The molecule has 19 heavy (non-hydrogen) atoms. The quantitative estimate of drug-likeness (QED) is 0.915. The van der Waals surface area contributed by atoms with Crippen LogP contribution in [-0.4, -0.2) is 30.1 Å². The Balaban J connectivity index is 2.53. The molecule has 0 radical (unpaired) electrons. The predicted octanol–water partition coefficient (Wildman–Crippen LogP) is 3.09. The van der Waals surface area contributed by atoms with Crippen molar-refractivity contribution in [3.05, 3.63) is 48.0 Å². The Labute approximate surface area is 113 Å². The summed E-state index contributed by atoms with van der Waals surface area (Å²) in [5, 5.41) is 11.5. The molecular formula is C16H19NO2. The zero-order chi connectivity index (χ0) is 14.0. The minimum absolute atomic E-state index is 0.0817. The maximum absolute atomic E-state index is 11.1. The molecule has 3 heteroatoms. The summed E-state index contributed by atoms with van der Waals surface area (Å²) in [6, 6.07) is 14.3. The van der Waals surface area contributed by atoms with Gasteiger partial charge in [-0.2, -0.15) is 0 Å². The Morgan fingerprint density at radius 1 is 1.16 bits per heavy atom. The van der Waals surface area contributed by atoms with E-state index in [-0.39, 0.29) is 6.42 Å². The second-order valence-electron chi connectivity index (χ2n) is 5.30. The van der Waals surface area contributed by atoms with Crippen LogP contribution in [0.15, 0.2) is 42.5 Å². The molecule has 0 aliphatic carbocycles. The molecule has 0 aliphatic heterocycles. The molecule has 0 saturated carbocycles. The van der Waals surface area contributed by atoms with Crippen molar-refractivity contribution >= 4 is 16.7 Å². The molecule has 0 bridgehead atoms. The largest absolute Gasteiger partial charge is 0.481 e.